The maximum Gasteiger partial charge on any atom is 0.305 e. The first-order valence-corrected chi connectivity index (χ1v) is 8.44. The molecule has 0 N–H and O–H groups in total. The Labute approximate surface area is 125 Å². The maximum absolute atomic E-state index is 11.4. The molecular weight excluding hydrogens is 252 g/mol. The van der Waals surface area contributed by atoms with Crippen molar-refractivity contribution in [3.05, 3.63) is 0 Å². The largest absolute Gasteiger partial charge is 0.463 e. The van der Waals surface area contributed by atoms with Gasteiger partial charge < -0.3 is 9.47 Å². The molecule has 0 radical (unpaired) electrons. The van der Waals surface area contributed by atoms with Gasteiger partial charge in [0.05, 0.1) is 12.7 Å². The van der Waals surface area contributed by atoms with Crippen LogP contribution in [0.25, 0.3) is 0 Å². The average molecular weight is 286 g/mol. The molecule has 0 amide bonds. The fourth-order valence-corrected chi connectivity index (χ4v) is 2.09. The van der Waals surface area contributed by atoms with Crippen molar-refractivity contribution < 1.29 is 14.3 Å². The molecule has 0 aliphatic carbocycles. The SMILES string of the molecule is CCCCCCCCCCCC(=O)OCCOC(C)C. The van der Waals surface area contributed by atoms with E-state index in [-0.39, 0.29) is 12.1 Å². The summed E-state index contributed by atoms with van der Waals surface area (Å²) in [5.74, 6) is -0.0831. The van der Waals surface area contributed by atoms with Crippen molar-refractivity contribution in [1.29, 1.82) is 0 Å². The van der Waals surface area contributed by atoms with Gasteiger partial charge in [-0.3, -0.25) is 4.79 Å². The van der Waals surface area contributed by atoms with E-state index in [1.54, 1.807) is 0 Å². The molecule has 3 heteroatoms. The molecule has 0 aromatic rings. The number of unbranched alkanes of at least 4 members (excludes halogenated alkanes) is 8. The normalized spacial score (nSPS) is 11.0. The predicted octanol–water partition coefficient (Wildman–Crippen LogP) is 4.88. The molecule has 0 aromatic carbocycles. The summed E-state index contributed by atoms with van der Waals surface area (Å²) in [6, 6.07) is 0. The highest BCUT2D eigenvalue weighted by molar-refractivity contribution is 5.69. The summed E-state index contributed by atoms with van der Waals surface area (Å²) in [7, 11) is 0. The summed E-state index contributed by atoms with van der Waals surface area (Å²) in [6.07, 6.45) is 12.2. The van der Waals surface area contributed by atoms with E-state index in [0.29, 0.717) is 19.6 Å². The zero-order chi connectivity index (χ0) is 15.1. The second-order valence-corrected chi connectivity index (χ2v) is 5.72. The third kappa shape index (κ3) is 15.5. The van der Waals surface area contributed by atoms with E-state index in [2.05, 4.69) is 6.92 Å². The van der Waals surface area contributed by atoms with Crippen molar-refractivity contribution in [2.24, 2.45) is 0 Å². The van der Waals surface area contributed by atoms with Crippen LogP contribution >= 0.6 is 0 Å². The lowest BCUT2D eigenvalue weighted by atomic mass is 10.1. The first-order chi connectivity index (χ1) is 9.66. The Kier molecular flexibility index (Phi) is 14.4. The molecule has 0 aromatic heterocycles. The minimum atomic E-state index is -0.0831. The summed E-state index contributed by atoms with van der Waals surface area (Å²) in [6.45, 7) is 7.08. The topological polar surface area (TPSA) is 35.5 Å². The van der Waals surface area contributed by atoms with Crippen LogP contribution in [0.1, 0.15) is 85.0 Å². The molecule has 3 nitrogen and oxygen atoms in total. The molecule has 0 atom stereocenters. The van der Waals surface area contributed by atoms with Crippen LogP contribution in [0.3, 0.4) is 0 Å². The molecule has 0 bridgehead atoms. The van der Waals surface area contributed by atoms with Gasteiger partial charge in [0, 0.05) is 6.42 Å². The Morgan fingerprint density at radius 2 is 1.40 bits per heavy atom. The molecular formula is C17H34O3. The lowest BCUT2D eigenvalue weighted by Gasteiger charge is -2.08. The van der Waals surface area contributed by atoms with Gasteiger partial charge in [-0.05, 0) is 20.3 Å². The third-order valence-electron chi connectivity index (χ3n) is 3.28. The minimum Gasteiger partial charge on any atom is -0.463 e. The molecule has 0 heterocycles. The van der Waals surface area contributed by atoms with E-state index in [1.807, 2.05) is 13.8 Å². The zero-order valence-electron chi connectivity index (χ0n) is 13.8. The van der Waals surface area contributed by atoms with Crippen LogP contribution < -0.4 is 0 Å². The number of carbonyl (C=O) groups excluding carboxylic acids is 1. The lowest BCUT2D eigenvalue weighted by molar-refractivity contribution is -0.145. The fourth-order valence-electron chi connectivity index (χ4n) is 2.09. The molecule has 0 rings (SSSR count). The van der Waals surface area contributed by atoms with Crippen molar-refractivity contribution in [3.8, 4) is 0 Å². The fraction of sp³-hybridized carbons (Fsp3) is 0.941. The second kappa shape index (κ2) is 14.8. The molecule has 0 unspecified atom stereocenters. The van der Waals surface area contributed by atoms with Gasteiger partial charge in [-0.1, -0.05) is 58.3 Å². The highest BCUT2D eigenvalue weighted by Crippen LogP contribution is 2.10. The second-order valence-electron chi connectivity index (χ2n) is 5.72. The number of ether oxygens (including phenoxy) is 2. The Morgan fingerprint density at radius 3 is 1.95 bits per heavy atom. The van der Waals surface area contributed by atoms with Gasteiger partial charge in [0.25, 0.3) is 0 Å². The van der Waals surface area contributed by atoms with Gasteiger partial charge in [-0.2, -0.15) is 0 Å². The van der Waals surface area contributed by atoms with E-state index in [1.165, 1.54) is 44.9 Å². The van der Waals surface area contributed by atoms with Gasteiger partial charge in [-0.15, -0.1) is 0 Å². The number of rotatable bonds is 14. The smallest absolute Gasteiger partial charge is 0.305 e. The van der Waals surface area contributed by atoms with Crippen molar-refractivity contribution >= 4 is 5.97 Å². The maximum atomic E-state index is 11.4. The Bertz CT molecular complexity index is 214. The van der Waals surface area contributed by atoms with E-state index in [0.717, 1.165) is 12.8 Å². The molecule has 120 valence electrons. The summed E-state index contributed by atoms with van der Waals surface area (Å²) in [5.41, 5.74) is 0. The minimum absolute atomic E-state index is 0.0831. The summed E-state index contributed by atoms with van der Waals surface area (Å²) in [5, 5.41) is 0. The Balaban J connectivity index is 3.15. The van der Waals surface area contributed by atoms with Crippen molar-refractivity contribution in [2.75, 3.05) is 13.2 Å². The third-order valence-corrected chi connectivity index (χ3v) is 3.28. The van der Waals surface area contributed by atoms with Crippen LogP contribution in [-0.4, -0.2) is 25.3 Å². The molecule has 20 heavy (non-hydrogen) atoms. The van der Waals surface area contributed by atoms with E-state index in [9.17, 15) is 4.79 Å². The number of hydrogen-bond donors (Lipinski definition) is 0. The number of hydrogen-bond acceptors (Lipinski definition) is 3. The summed E-state index contributed by atoms with van der Waals surface area (Å²) in [4.78, 5) is 11.4. The lowest BCUT2D eigenvalue weighted by Crippen LogP contribution is -2.13. The van der Waals surface area contributed by atoms with Crippen molar-refractivity contribution in [3.63, 3.8) is 0 Å². The summed E-state index contributed by atoms with van der Waals surface area (Å²) < 4.78 is 10.4. The quantitative estimate of drug-likeness (QED) is 0.337. The molecule has 0 saturated carbocycles. The van der Waals surface area contributed by atoms with Crippen LogP contribution in [0, 0.1) is 0 Å². The van der Waals surface area contributed by atoms with Gasteiger partial charge in [0.1, 0.15) is 6.61 Å². The molecule has 0 spiro atoms. The van der Waals surface area contributed by atoms with Crippen LogP contribution in [0.2, 0.25) is 0 Å². The van der Waals surface area contributed by atoms with Crippen LogP contribution in [0.15, 0.2) is 0 Å². The zero-order valence-corrected chi connectivity index (χ0v) is 13.8. The highest BCUT2D eigenvalue weighted by atomic mass is 16.6. The van der Waals surface area contributed by atoms with Crippen LogP contribution in [-0.2, 0) is 14.3 Å². The van der Waals surface area contributed by atoms with Gasteiger partial charge in [-0.25, -0.2) is 0 Å². The predicted molar refractivity (Wildman–Crippen MR) is 83.9 cm³/mol. The number of esters is 1. The van der Waals surface area contributed by atoms with Gasteiger partial charge in [0.2, 0.25) is 0 Å². The molecule has 0 aliphatic rings. The van der Waals surface area contributed by atoms with Crippen molar-refractivity contribution in [2.45, 2.75) is 91.1 Å². The van der Waals surface area contributed by atoms with Gasteiger partial charge >= 0.3 is 5.97 Å². The Hall–Kier alpha value is -0.570. The van der Waals surface area contributed by atoms with Crippen molar-refractivity contribution in [1.82, 2.24) is 0 Å². The molecule has 0 fully saturated rings. The summed E-state index contributed by atoms with van der Waals surface area (Å²) >= 11 is 0. The van der Waals surface area contributed by atoms with Crippen LogP contribution in [0.5, 0.6) is 0 Å². The van der Waals surface area contributed by atoms with E-state index >= 15 is 0 Å². The number of carbonyl (C=O) groups is 1. The monoisotopic (exact) mass is 286 g/mol. The van der Waals surface area contributed by atoms with Gasteiger partial charge in [0.15, 0.2) is 0 Å². The highest BCUT2D eigenvalue weighted by Gasteiger charge is 2.02. The molecule has 0 aliphatic heterocycles. The Morgan fingerprint density at radius 1 is 0.850 bits per heavy atom. The standard InChI is InChI=1S/C17H34O3/c1-4-5-6-7-8-9-10-11-12-13-17(18)20-15-14-19-16(2)3/h16H,4-15H2,1-3H3. The average Bonchev–Trinajstić information content (AvgIpc) is 2.41. The first-order valence-electron chi connectivity index (χ1n) is 8.44. The molecule has 0 saturated heterocycles. The first kappa shape index (κ1) is 19.4. The van der Waals surface area contributed by atoms with Crippen LogP contribution in [0.4, 0.5) is 0 Å². The van der Waals surface area contributed by atoms with E-state index in [4.69, 9.17) is 9.47 Å². The van der Waals surface area contributed by atoms with E-state index < -0.39 is 0 Å².